The van der Waals surface area contributed by atoms with E-state index in [1.807, 2.05) is 6.20 Å². The molecule has 164 valence electrons. The molecule has 0 amide bonds. The van der Waals surface area contributed by atoms with Crippen LogP contribution in [0.25, 0.3) is 0 Å². The monoisotopic (exact) mass is 404 g/mol. The second-order valence-electron chi connectivity index (χ2n) is 7.70. The van der Waals surface area contributed by atoms with Crippen molar-refractivity contribution in [3.63, 3.8) is 0 Å². The number of aromatic nitrogens is 1. The normalized spacial score (nSPS) is 15.4. The fourth-order valence-corrected chi connectivity index (χ4v) is 3.46. The van der Waals surface area contributed by atoms with Crippen LogP contribution in [-0.2, 0) is 11.3 Å². The summed E-state index contributed by atoms with van der Waals surface area (Å²) in [7, 11) is 3.89. The topological polar surface area (TPSA) is 65.0 Å². The highest BCUT2D eigenvalue weighted by Crippen LogP contribution is 2.17. The van der Waals surface area contributed by atoms with Crippen molar-refractivity contribution in [3.8, 4) is 0 Å². The summed E-state index contributed by atoms with van der Waals surface area (Å²) < 4.78 is 5.11. The molecule has 0 bridgehead atoms. The van der Waals surface area contributed by atoms with E-state index >= 15 is 0 Å². The second-order valence-corrected chi connectivity index (χ2v) is 7.70. The van der Waals surface area contributed by atoms with Crippen molar-refractivity contribution < 1.29 is 4.74 Å². The van der Waals surface area contributed by atoms with Gasteiger partial charge in [0.25, 0.3) is 0 Å². The molecule has 1 saturated heterocycles. The lowest BCUT2D eigenvalue weighted by molar-refractivity contribution is 0.180. The lowest BCUT2D eigenvalue weighted by Gasteiger charge is -2.21. The zero-order valence-corrected chi connectivity index (χ0v) is 18.6. The number of rotatable bonds is 11. The van der Waals surface area contributed by atoms with Crippen molar-refractivity contribution in [2.45, 2.75) is 45.6 Å². The van der Waals surface area contributed by atoms with Gasteiger partial charge in [-0.2, -0.15) is 0 Å². The number of aliphatic imine (C=N–C) groups is 1. The molecule has 29 heavy (non-hydrogen) atoms. The maximum Gasteiger partial charge on any atom is 0.191 e. The van der Waals surface area contributed by atoms with E-state index in [4.69, 9.17) is 9.73 Å². The number of hydrogen-bond acceptors (Lipinski definition) is 5. The van der Waals surface area contributed by atoms with Crippen molar-refractivity contribution in [1.82, 2.24) is 20.5 Å². The number of methoxy groups -OCH3 is 1. The van der Waals surface area contributed by atoms with Crippen molar-refractivity contribution in [2.75, 3.05) is 64.9 Å². The van der Waals surface area contributed by atoms with Crippen LogP contribution in [0.1, 0.15) is 44.6 Å². The van der Waals surface area contributed by atoms with Crippen molar-refractivity contribution >= 4 is 11.8 Å². The van der Waals surface area contributed by atoms with Crippen LogP contribution in [0.5, 0.6) is 0 Å². The highest BCUT2D eigenvalue weighted by atomic mass is 16.5. The van der Waals surface area contributed by atoms with Gasteiger partial charge in [0.15, 0.2) is 5.96 Å². The summed E-state index contributed by atoms with van der Waals surface area (Å²) in [4.78, 5) is 14.1. The number of hydrogen-bond donors (Lipinski definition) is 2. The highest BCUT2D eigenvalue weighted by Gasteiger charge is 2.10. The minimum absolute atomic E-state index is 0.631. The summed E-state index contributed by atoms with van der Waals surface area (Å²) in [6, 6.07) is 4.30. The maximum absolute atomic E-state index is 5.11. The van der Waals surface area contributed by atoms with Crippen molar-refractivity contribution in [3.05, 3.63) is 23.9 Å². The third kappa shape index (κ3) is 9.45. The first-order valence-electron chi connectivity index (χ1n) is 11.1. The summed E-state index contributed by atoms with van der Waals surface area (Å²) in [6.07, 6.45) is 8.25. The van der Waals surface area contributed by atoms with E-state index in [0.717, 1.165) is 69.6 Å². The van der Waals surface area contributed by atoms with Gasteiger partial charge in [-0.25, -0.2) is 9.98 Å². The quantitative estimate of drug-likeness (QED) is 0.336. The Morgan fingerprint density at radius 1 is 1.17 bits per heavy atom. The summed E-state index contributed by atoms with van der Waals surface area (Å²) in [5.41, 5.74) is 1.14. The number of pyridine rings is 1. The molecule has 0 unspecified atom stereocenters. The minimum atomic E-state index is 0.631. The zero-order valence-electron chi connectivity index (χ0n) is 18.6. The van der Waals surface area contributed by atoms with E-state index in [1.54, 1.807) is 7.11 Å². The third-order valence-corrected chi connectivity index (χ3v) is 5.18. The van der Waals surface area contributed by atoms with Gasteiger partial charge in [-0.05, 0) is 44.9 Å². The average Bonchev–Trinajstić information content (AvgIpc) is 3.02. The molecule has 1 aliphatic rings. The molecule has 1 fully saturated rings. The highest BCUT2D eigenvalue weighted by molar-refractivity contribution is 5.79. The van der Waals surface area contributed by atoms with Crippen LogP contribution in [0.2, 0.25) is 0 Å². The molecule has 0 spiro atoms. The van der Waals surface area contributed by atoms with Gasteiger partial charge in [0.05, 0.1) is 6.54 Å². The van der Waals surface area contributed by atoms with Crippen molar-refractivity contribution in [1.29, 1.82) is 0 Å². The molecular weight excluding hydrogens is 364 g/mol. The van der Waals surface area contributed by atoms with Crippen LogP contribution in [0, 0.1) is 0 Å². The molecule has 0 aromatic carbocycles. The summed E-state index contributed by atoms with van der Waals surface area (Å²) in [5.74, 6) is 1.95. The molecule has 0 saturated carbocycles. The first kappa shape index (κ1) is 23.4. The molecule has 0 aliphatic carbocycles. The second kappa shape index (κ2) is 14.2. The van der Waals surface area contributed by atoms with Gasteiger partial charge in [-0.1, -0.05) is 18.9 Å². The summed E-state index contributed by atoms with van der Waals surface area (Å²) >= 11 is 0. The predicted molar refractivity (Wildman–Crippen MR) is 122 cm³/mol. The van der Waals surface area contributed by atoms with Gasteiger partial charge in [0.2, 0.25) is 0 Å². The Balaban J connectivity index is 1.79. The molecule has 2 rings (SSSR count). The Labute approximate surface area is 176 Å². The molecule has 7 heteroatoms. The molecule has 2 N–H and O–H groups in total. The largest absolute Gasteiger partial charge is 0.385 e. The smallest absolute Gasteiger partial charge is 0.191 e. The molecule has 1 aromatic heterocycles. The minimum Gasteiger partial charge on any atom is -0.385 e. The Bertz CT molecular complexity index is 569. The Morgan fingerprint density at radius 3 is 2.62 bits per heavy atom. The molecule has 0 atom stereocenters. The van der Waals surface area contributed by atoms with E-state index < -0.39 is 0 Å². The van der Waals surface area contributed by atoms with Crippen LogP contribution in [0.4, 0.5) is 5.82 Å². The first-order chi connectivity index (χ1) is 14.2. The average molecular weight is 405 g/mol. The van der Waals surface area contributed by atoms with E-state index in [-0.39, 0.29) is 0 Å². The van der Waals surface area contributed by atoms with Crippen LogP contribution < -0.4 is 15.5 Å². The van der Waals surface area contributed by atoms with E-state index in [0.29, 0.717) is 6.54 Å². The Kier molecular flexibility index (Phi) is 11.4. The van der Waals surface area contributed by atoms with Gasteiger partial charge in [-0.3, -0.25) is 0 Å². The van der Waals surface area contributed by atoms with Crippen LogP contribution in [-0.4, -0.2) is 75.9 Å². The number of anilines is 1. The van der Waals surface area contributed by atoms with Crippen molar-refractivity contribution in [2.24, 2.45) is 4.99 Å². The molecule has 0 radical (unpaired) electrons. The number of nitrogens with one attached hydrogen (secondary N) is 2. The Morgan fingerprint density at radius 2 is 1.97 bits per heavy atom. The number of ether oxygens (including phenoxy) is 1. The molecule has 1 aromatic rings. The molecular formula is C22H40N6O. The van der Waals surface area contributed by atoms with E-state index in [9.17, 15) is 0 Å². The first-order valence-corrected chi connectivity index (χ1v) is 11.1. The number of likely N-dealkylation sites (N-methyl/N-ethyl adjacent to an activating group) is 1. The zero-order chi connectivity index (χ0) is 20.7. The van der Waals surface area contributed by atoms with E-state index in [1.165, 1.54) is 25.7 Å². The van der Waals surface area contributed by atoms with E-state index in [2.05, 4.69) is 51.5 Å². The van der Waals surface area contributed by atoms with Crippen LogP contribution in [0.3, 0.4) is 0 Å². The standard InChI is InChI=1S/C22H40N6O/c1-4-23-22(24-12-16-27(2)13-9-17-29-3)26-19-20-10-11-21(25-18-20)28-14-7-5-6-8-15-28/h10-11,18H,4-9,12-17,19H2,1-3H3,(H2,23,24,26). The van der Waals surface area contributed by atoms with Gasteiger partial charge in [0.1, 0.15) is 5.82 Å². The van der Waals surface area contributed by atoms with Gasteiger partial charge in [0, 0.05) is 59.2 Å². The molecule has 1 aliphatic heterocycles. The Hall–Kier alpha value is -1.86. The maximum atomic E-state index is 5.11. The SMILES string of the molecule is CCNC(=NCc1ccc(N2CCCCCC2)nc1)NCCN(C)CCCOC. The van der Waals surface area contributed by atoms with Crippen LogP contribution >= 0.6 is 0 Å². The van der Waals surface area contributed by atoms with Gasteiger partial charge < -0.3 is 25.2 Å². The molecule has 7 nitrogen and oxygen atoms in total. The van der Waals surface area contributed by atoms with Crippen LogP contribution in [0.15, 0.2) is 23.3 Å². The van der Waals surface area contributed by atoms with Gasteiger partial charge in [-0.15, -0.1) is 0 Å². The summed E-state index contributed by atoms with van der Waals surface area (Å²) in [5, 5.41) is 6.74. The lowest BCUT2D eigenvalue weighted by Crippen LogP contribution is -2.41. The summed E-state index contributed by atoms with van der Waals surface area (Å²) in [6.45, 7) is 9.50. The predicted octanol–water partition coefficient (Wildman–Crippen LogP) is 2.49. The lowest BCUT2D eigenvalue weighted by atomic mass is 10.2. The van der Waals surface area contributed by atoms with Gasteiger partial charge >= 0.3 is 0 Å². The molecule has 2 heterocycles. The number of guanidine groups is 1. The third-order valence-electron chi connectivity index (χ3n) is 5.18. The number of nitrogens with zero attached hydrogens (tertiary/aromatic N) is 4. The fraction of sp³-hybridized carbons (Fsp3) is 0.727. The fourth-order valence-electron chi connectivity index (χ4n) is 3.46.